The monoisotopic (exact) mass is 1470 g/mol. The van der Waals surface area contributed by atoms with Gasteiger partial charge in [-0.05, 0) is 67.2 Å². The van der Waals surface area contributed by atoms with Crippen molar-refractivity contribution in [3.63, 3.8) is 0 Å². The highest BCUT2D eigenvalue weighted by molar-refractivity contribution is 6.01. The van der Waals surface area contributed by atoms with Crippen molar-refractivity contribution in [3.05, 3.63) is 65.7 Å². The molecule has 24 N–H and O–H groups in total. The van der Waals surface area contributed by atoms with E-state index in [4.69, 9.17) is 16.6 Å². The Bertz CT molecular complexity index is 3430. The quantitative estimate of drug-likeness (QED) is 0.0293. The molecule has 0 heterocycles. The summed E-state index contributed by atoms with van der Waals surface area (Å²) in [7, 11) is 0. The summed E-state index contributed by atoms with van der Waals surface area (Å²) < 4.78 is 0. The topological polar surface area (TPSA) is 683 Å². The van der Waals surface area contributed by atoms with Crippen LogP contribution in [0.15, 0.2) is 54.6 Å². The Hall–Kier alpha value is -11.9. The zero-order chi connectivity index (χ0) is 78.7. The number of nitrogens with two attached hydrogens (primary N) is 2. The molecule has 11 atom stereocenters. The third-order valence-corrected chi connectivity index (χ3v) is 14.6. The first-order valence-corrected chi connectivity index (χ1v) is 32.0. The Morgan fingerprint density at radius 1 is 0.365 bits per heavy atom. The van der Waals surface area contributed by atoms with Crippen molar-refractivity contribution in [2.24, 2.45) is 23.3 Å². The van der Waals surface area contributed by atoms with E-state index < -0.39 is 262 Å². The van der Waals surface area contributed by atoms with Crippen molar-refractivity contribution in [1.82, 2.24) is 63.8 Å². The van der Waals surface area contributed by atoms with Gasteiger partial charge in [-0.1, -0.05) is 70.2 Å². The smallest absolute Gasteiger partial charge is 0.326 e. The number of phenolic OH excluding ortho intramolecular Hbond substituents is 1. The number of aromatic hydroxyl groups is 1. The van der Waals surface area contributed by atoms with Crippen LogP contribution in [0.2, 0.25) is 0 Å². The molecule has 0 radical (unpaired) electrons. The van der Waals surface area contributed by atoms with Crippen LogP contribution in [0.3, 0.4) is 0 Å². The van der Waals surface area contributed by atoms with Crippen LogP contribution in [0.25, 0.3) is 0 Å². The fourth-order valence-corrected chi connectivity index (χ4v) is 9.52. The summed E-state index contributed by atoms with van der Waals surface area (Å²) in [5.41, 5.74) is 12.6. The lowest BCUT2D eigenvalue weighted by Crippen LogP contribution is -2.60. The average Bonchev–Trinajstić information content (AvgIpc) is 0.863. The first-order valence-electron chi connectivity index (χ1n) is 32.0. The predicted molar refractivity (Wildman–Crippen MR) is 353 cm³/mol. The number of nitrogens with one attached hydrogen (secondary N) is 12. The maximum absolute atomic E-state index is 13.9. The van der Waals surface area contributed by atoms with Crippen LogP contribution in [0, 0.1) is 11.8 Å². The molecule has 41 nitrogen and oxygen atoms in total. The largest absolute Gasteiger partial charge is 0.508 e. The second-order valence-corrected chi connectivity index (χ2v) is 24.4. The third-order valence-electron chi connectivity index (χ3n) is 14.6. The summed E-state index contributed by atoms with van der Waals surface area (Å²) in [6.07, 6.45) is -8.46. The maximum Gasteiger partial charge on any atom is 0.326 e. The van der Waals surface area contributed by atoms with Gasteiger partial charge in [-0.25, -0.2) is 4.79 Å². The van der Waals surface area contributed by atoms with Gasteiger partial charge in [-0.3, -0.25) is 86.3 Å². The molecule has 0 saturated carbocycles. The van der Waals surface area contributed by atoms with Crippen LogP contribution in [0.5, 0.6) is 5.75 Å². The van der Waals surface area contributed by atoms with Gasteiger partial charge in [0, 0.05) is 19.3 Å². The zero-order valence-corrected chi connectivity index (χ0v) is 56.8. The Morgan fingerprint density at radius 2 is 0.702 bits per heavy atom. The Labute approximate surface area is 592 Å². The van der Waals surface area contributed by atoms with Gasteiger partial charge in [0.05, 0.1) is 51.4 Å². The van der Waals surface area contributed by atoms with Crippen molar-refractivity contribution < 1.29 is 132 Å². The Morgan fingerprint density at radius 3 is 1.12 bits per heavy atom. The van der Waals surface area contributed by atoms with E-state index >= 15 is 0 Å². The summed E-state index contributed by atoms with van der Waals surface area (Å²) in [4.78, 5) is 245. The number of carbonyl (C=O) groups is 19. The predicted octanol–water partition coefficient (Wildman–Crippen LogP) is -7.22. The molecular weight excluding hydrogens is 1380 g/mol. The molecule has 2 aromatic rings. The van der Waals surface area contributed by atoms with Crippen LogP contribution < -0.4 is 75.3 Å². The van der Waals surface area contributed by atoms with Gasteiger partial charge in [-0.2, -0.15) is 0 Å². The summed E-state index contributed by atoms with van der Waals surface area (Å²) in [5.74, 6) is -27.1. The number of hydrogen-bond donors (Lipinski definition) is 22. The van der Waals surface area contributed by atoms with Crippen LogP contribution in [0.1, 0.15) is 103 Å². The zero-order valence-electron chi connectivity index (χ0n) is 56.8. The van der Waals surface area contributed by atoms with E-state index in [9.17, 15) is 127 Å². The average molecular weight is 1470 g/mol. The molecule has 104 heavy (non-hydrogen) atoms. The van der Waals surface area contributed by atoms with Gasteiger partial charge >= 0.3 is 35.8 Å². The number of primary amides is 1. The summed E-state index contributed by atoms with van der Waals surface area (Å²) in [5, 5.41) is 102. The number of aliphatic hydroxyl groups is 1. The molecule has 0 bridgehead atoms. The molecule has 0 aromatic heterocycles. The molecule has 0 fully saturated rings. The minimum atomic E-state index is -2.31. The summed E-state index contributed by atoms with van der Waals surface area (Å²) in [6, 6.07) is -5.97. The number of hydrogen-bond acceptors (Lipinski definition) is 22. The van der Waals surface area contributed by atoms with Gasteiger partial charge in [0.2, 0.25) is 76.8 Å². The van der Waals surface area contributed by atoms with Crippen molar-refractivity contribution in [2.45, 2.75) is 171 Å². The highest BCUT2D eigenvalue weighted by atomic mass is 16.4. The Kier molecular flexibility index (Phi) is 37.6. The number of benzene rings is 2. The normalized spacial score (nSPS) is 14.1. The fourth-order valence-electron chi connectivity index (χ4n) is 9.52. The number of carboxylic acids is 6. The van der Waals surface area contributed by atoms with E-state index in [1.165, 1.54) is 24.3 Å². The molecule has 0 aliphatic heterocycles. The standard InChI is InChI=1S/C63H88N14O27/c1-29(2)18-37(72-62(102)44(28-78)69-47(82)27-66-54(94)35(14-16-48(83)84)70-58(98)39(21-31-8-6-5-7-9-31)71-53(93)34(64)20-32-10-12-33(79)13-11-32)55(95)67-26-46(81)68-36(15-17-49(85)86)56(96)75-41(23-50(87)88)61(101)76-42(24-51(89)90)60(100)74-40(22-45(65)80)59(99)73-38(19-30(3)4)57(97)77-43(63(103)104)25-52(91)92/h5-13,29-30,34-44,78-79H,14-28,64H2,1-4H3,(H2,65,80)(H,66,94)(H,67,95)(H,68,81)(H,69,82)(H,70,98)(H,71,93)(H,72,102)(H,73,99)(H,74,100)(H,75,96)(H,76,101)(H,77,97)(H,83,84)(H,85,86)(H,87,88)(H,89,90)(H,91,92)(H,103,104)/t34-,35-,36-,37-,38-,39-,40-,41-,42-,43-,44-/m0/s1. The minimum Gasteiger partial charge on any atom is -0.508 e. The van der Waals surface area contributed by atoms with Crippen LogP contribution in [-0.2, 0) is 104 Å². The minimum absolute atomic E-state index is 0.0177. The van der Waals surface area contributed by atoms with E-state index in [0.29, 0.717) is 11.1 Å². The van der Waals surface area contributed by atoms with Crippen molar-refractivity contribution >= 4 is 113 Å². The second-order valence-electron chi connectivity index (χ2n) is 24.4. The number of carbonyl (C=O) groups excluding carboxylic acids is 13. The Balaban J connectivity index is 2.26. The molecular formula is C63H88N14O27. The lowest BCUT2D eigenvalue weighted by Gasteiger charge is -2.27. The highest BCUT2D eigenvalue weighted by Crippen LogP contribution is 2.14. The van der Waals surface area contributed by atoms with Gasteiger partial charge in [0.1, 0.15) is 66.2 Å². The molecule has 13 amide bonds. The lowest BCUT2D eigenvalue weighted by molar-refractivity contribution is -0.147. The van der Waals surface area contributed by atoms with Gasteiger partial charge in [-0.15, -0.1) is 0 Å². The van der Waals surface area contributed by atoms with E-state index in [1.54, 1.807) is 58.0 Å². The maximum atomic E-state index is 13.9. The summed E-state index contributed by atoms with van der Waals surface area (Å²) >= 11 is 0. The molecule has 0 unspecified atom stereocenters. The molecule has 572 valence electrons. The number of aliphatic hydroxyl groups excluding tert-OH is 1. The fraction of sp³-hybridized carbons (Fsp3) is 0.508. The second kappa shape index (κ2) is 44.4. The van der Waals surface area contributed by atoms with E-state index in [2.05, 4.69) is 42.5 Å². The number of aliphatic carboxylic acids is 6. The van der Waals surface area contributed by atoms with Crippen molar-refractivity contribution in [3.8, 4) is 5.75 Å². The number of amides is 13. The third kappa shape index (κ3) is 34.4. The van der Waals surface area contributed by atoms with Crippen LogP contribution in [0.4, 0.5) is 0 Å². The molecule has 0 aliphatic rings. The van der Waals surface area contributed by atoms with E-state index in [-0.39, 0.29) is 31.4 Å². The van der Waals surface area contributed by atoms with Crippen molar-refractivity contribution in [1.29, 1.82) is 0 Å². The molecule has 0 aliphatic carbocycles. The molecule has 2 rings (SSSR count). The molecule has 2 aromatic carbocycles. The molecule has 0 saturated heterocycles. The van der Waals surface area contributed by atoms with Gasteiger partial charge in [0.25, 0.3) is 0 Å². The summed E-state index contributed by atoms with van der Waals surface area (Å²) in [6.45, 7) is 3.13. The molecule has 0 spiro atoms. The van der Waals surface area contributed by atoms with E-state index in [1.807, 2.05) is 21.3 Å². The first kappa shape index (κ1) is 88.2. The van der Waals surface area contributed by atoms with E-state index in [0.717, 1.165) is 0 Å². The molecule has 41 heteroatoms. The number of phenols is 1. The SMILES string of the molecule is CC(C)C[C@H](NC(=O)[C@H](CO)NC(=O)CNC(=O)[C@H](CCC(=O)O)NC(=O)[C@H](Cc1ccccc1)NC(=O)[C@@H](N)Cc1ccc(O)cc1)C(=O)NCC(=O)N[C@@H](CCC(=O)O)C(=O)N[C@@H](CC(=O)O)C(=O)N[C@@H](CC(=O)O)C(=O)N[C@@H](CC(N)=O)C(=O)N[C@@H](CC(C)C)C(=O)N[C@@H](CC(=O)O)C(=O)O. The van der Waals surface area contributed by atoms with Crippen LogP contribution in [-0.4, -0.2) is 240 Å². The van der Waals surface area contributed by atoms with Gasteiger partial charge < -0.3 is 116 Å². The van der Waals surface area contributed by atoms with Gasteiger partial charge in [0.15, 0.2) is 0 Å². The number of rotatable bonds is 48. The van der Waals surface area contributed by atoms with Crippen molar-refractivity contribution in [2.75, 3.05) is 19.7 Å². The highest BCUT2D eigenvalue weighted by Gasteiger charge is 2.38. The lowest BCUT2D eigenvalue weighted by atomic mass is 10.0. The first-order chi connectivity index (χ1) is 48.7. The number of carboxylic acid groups (broad SMARTS) is 6. The van der Waals surface area contributed by atoms with Crippen LogP contribution >= 0.6 is 0 Å².